The van der Waals surface area contributed by atoms with E-state index in [1.807, 2.05) is 5.38 Å². The second-order valence-corrected chi connectivity index (χ2v) is 4.56. The van der Waals surface area contributed by atoms with E-state index in [1.165, 1.54) is 16.2 Å². The van der Waals surface area contributed by atoms with E-state index in [0.29, 0.717) is 31.5 Å². The number of carbonyl (C=O) groups is 1. The van der Waals surface area contributed by atoms with Crippen LogP contribution in [0.5, 0.6) is 0 Å². The Morgan fingerprint density at radius 1 is 1.47 bits per heavy atom. The Balaban J connectivity index is 1.71. The molecule has 0 radical (unpaired) electrons. The Morgan fingerprint density at radius 3 is 3.16 bits per heavy atom. The molecule has 98 valence electrons. The first-order chi connectivity index (χ1) is 9.33. The minimum absolute atomic E-state index is 0.371. The monoisotopic (exact) mass is 277 g/mol. The minimum atomic E-state index is -0.371. The number of amides is 1. The predicted molar refractivity (Wildman–Crippen MR) is 70.2 cm³/mol. The smallest absolute Gasteiger partial charge is 0.415 e. The largest absolute Gasteiger partial charge is 0.447 e. The molecule has 1 fully saturated rings. The van der Waals surface area contributed by atoms with Crippen LogP contribution >= 0.6 is 11.3 Å². The number of nitrogens with one attached hydrogen (secondary N) is 1. The number of hydrogen-bond donors (Lipinski definition) is 1. The molecule has 8 heteroatoms. The Labute approximate surface area is 113 Å². The highest BCUT2D eigenvalue weighted by Crippen LogP contribution is 2.16. The molecule has 0 unspecified atom stereocenters. The van der Waals surface area contributed by atoms with Gasteiger partial charge in [0.2, 0.25) is 5.95 Å². The number of aromatic nitrogens is 3. The molecule has 1 amide bonds. The van der Waals surface area contributed by atoms with Gasteiger partial charge in [0.05, 0.1) is 24.3 Å². The maximum atomic E-state index is 11.4. The lowest BCUT2D eigenvalue weighted by Crippen LogP contribution is -2.24. The highest BCUT2D eigenvalue weighted by molar-refractivity contribution is 7.07. The van der Waals surface area contributed by atoms with Gasteiger partial charge in [-0.25, -0.2) is 14.8 Å². The molecule has 7 nitrogen and oxygen atoms in total. The van der Waals surface area contributed by atoms with Crippen molar-refractivity contribution < 1.29 is 9.53 Å². The summed E-state index contributed by atoms with van der Waals surface area (Å²) in [7, 11) is 0. The van der Waals surface area contributed by atoms with E-state index < -0.39 is 0 Å². The molecule has 3 rings (SSSR count). The maximum Gasteiger partial charge on any atom is 0.415 e. The lowest BCUT2D eigenvalue weighted by molar-refractivity contribution is 0.181. The van der Waals surface area contributed by atoms with E-state index in [2.05, 4.69) is 20.3 Å². The number of thiazole rings is 1. The number of nitrogens with zero attached hydrogens (tertiary/aromatic N) is 4. The molecule has 0 saturated carbocycles. The van der Waals surface area contributed by atoms with Crippen LogP contribution in [0.4, 0.5) is 16.6 Å². The van der Waals surface area contributed by atoms with Crippen LogP contribution in [0.15, 0.2) is 23.2 Å². The summed E-state index contributed by atoms with van der Waals surface area (Å²) in [6.45, 7) is 1.46. The first-order valence-electron chi connectivity index (χ1n) is 5.71. The maximum absolute atomic E-state index is 11.4. The minimum Gasteiger partial charge on any atom is -0.447 e. The van der Waals surface area contributed by atoms with Gasteiger partial charge in [0, 0.05) is 11.6 Å². The van der Waals surface area contributed by atoms with Crippen molar-refractivity contribution in [2.45, 2.75) is 6.54 Å². The molecular formula is C11H11N5O2S. The van der Waals surface area contributed by atoms with Crippen molar-refractivity contribution in [3.63, 3.8) is 0 Å². The van der Waals surface area contributed by atoms with Crippen molar-refractivity contribution in [1.29, 1.82) is 0 Å². The highest BCUT2D eigenvalue weighted by Gasteiger charge is 2.24. The fraction of sp³-hybridized carbons (Fsp3) is 0.273. The fourth-order valence-electron chi connectivity index (χ4n) is 1.68. The molecule has 0 spiro atoms. The van der Waals surface area contributed by atoms with E-state index in [4.69, 9.17) is 4.74 Å². The van der Waals surface area contributed by atoms with Gasteiger partial charge in [0.15, 0.2) is 0 Å². The summed E-state index contributed by atoms with van der Waals surface area (Å²) in [5.74, 6) is 1.00. The molecule has 3 heterocycles. The second-order valence-electron chi connectivity index (χ2n) is 3.84. The third kappa shape index (κ3) is 2.63. The van der Waals surface area contributed by atoms with Crippen molar-refractivity contribution >= 4 is 29.2 Å². The number of cyclic esters (lactones) is 1. The van der Waals surface area contributed by atoms with Crippen molar-refractivity contribution in [2.24, 2.45) is 0 Å². The number of carbonyl (C=O) groups excluding carboxylic acids is 1. The Hall–Kier alpha value is -2.22. The molecule has 0 bridgehead atoms. The van der Waals surface area contributed by atoms with Crippen LogP contribution in [0, 0.1) is 0 Å². The molecule has 0 atom stereocenters. The SMILES string of the molecule is O=C1OCCN1c1ccnc(NCc2cscn2)n1. The molecule has 2 aromatic rings. The van der Waals surface area contributed by atoms with Crippen molar-refractivity contribution in [3.05, 3.63) is 28.8 Å². The summed E-state index contributed by atoms with van der Waals surface area (Å²) < 4.78 is 4.88. The summed E-state index contributed by atoms with van der Waals surface area (Å²) in [4.78, 5) is 25.5. The number of anilines is 2. The van der Waals surface area contributed by atoms with Gasteiger partial charge in [-0.2, -0.15) is 4.98 Å². The molecule has 1 aliphatic heterocycles. The summed E-state index contributed by atoms with van der Waals surface area (Å²) in [6, 6.07) is 1.68. The van der Waals surface area contributed by atoms with Gasteiger partial charge in [-0.3, -0.25) is 4.90 Å². The first kappa shape index (κ1) is 11.8. The van der Waals surface area contributed by atoms with Gasteiger partial charge in [-0.15, -0.1) is 11.3 Å². The zero-order valence-corrected chi connectivity index (χ0v) is 10.8. The highest BCUT2D eigenvalue weighted by atomic mass is 32.1. The van der Waals surface area contributed by atoms with E-state index in [0.717, 1.165) is 5.69 Å². The summed E-state index contributed by atoms with van der Waals surface area (Å²) in [5, 5.41) is 5.02. The summed E-state index contributed by atoms with van der Waals surface area (Å²) >= 11 is 1.54. The zero-order chi connectivity index (χ0) is 13.1. The molecule has 2 aromatic heterocycles. The van der Waals surface area contributed by atoms with Crippen LogP contribution in [0.2, 0.25) is 0 Å². The van der Waals surface area contributed by atoms with Gasteiger partial charge in [-0.05, 0) is 6.07 Å². The van der Waals surface area contributed by atoms with Crippen LogP contribution < -0.4 is 10.2 Å². The molecular weight excluding hydrogens is 266 g/mol. The molecule has 1 aliphatic rings. The van der Waals surface area contributed by atoms with E-state index in [1.54, 1.807) is 17.8 Å². The normalized spacial score (nSPS) is 14.5. The third-order valence-electron chi connectivity index (χ3n) is 2.59. The van der Waals surface area contributed by atoms with E-state index >= 15 is 0 Å². The van der Waals surface area contributed by atoms with Crippen molar-refractivity contribution in [1.82, 2.24) is 15.0 Å². The number of hydrogen-bond acceptors (Lipinski definition) is 7. The van der Waals surface area contributed by atoms with Gasteiger partial charge < -0.3 is 10.1 Å². The van der Waals surface area contributed by atoms with E-state index in [-0.39, 0.29) is 6.09 Å². The standard InChI is InChI=1S/C11H11N5O2S/c17-11-16(3-4-18-11)9-1-2-12-10(15-9)13-5-8-6-19-7-14-8/h1-2,6-7H,3-5H2,(H,12,13,15). The predicted octanol–water partition coefficient (Wildman–Crippen LogP) is 1.50. The van der Waals surface area contributed by atoms with Crippen LogP contribution in [-0.2, 0) is 11.3 Å². The molecule has 1 N–H and O–H groups in total. The van der Waals surface area contributed by atoms with Gasteiger partial charge in [-0.1, -0.05) is 0 Å². The lowest BCUT2D eigenvalue weighted by atomic mass is 10.5. The summed E-state index contributed by atoms with van der Waals surface area (Å²) in [6.07, 6.45) is 1.24. The third-order valence-corrected chi connectivity index (χ3v) is 3.22. The van der Waals surface area contributed by atoms with Crippen LogP contribution in [-0.4, -0.2) is 34.2 Å². The van der Waals surface area contributed by atoms with Crippen molar-refractivity contribution in [2.75, 3.05) is 23.4 Å². The van der Waals surface area contributed by atoms with E-state index in [9.17, 15) is 4.79 Å². The Morgan fingerprint density at radius 2 is 2.42 bits per heavy atom. The molecule has 0 aliphatic carbocycles. The average Bonchev–Trinajstić information content (AvgIpc) is 3.08. The van der Waals surface area contributed by atoms with Gasteiger partial charge in [0.25, 0.3) is 0 Å². The van der Waals surface area contributed by atoms with Crippen LogP contribution in [0.1, 0.15) is 5.69 Å². The quantitative estimate of drug-likeness (QED) is 0.912. The lowest BCUT2D eigenvalue weighted by Gasteiger charge is -2.12. The Bertz CT molecular complexity index is 574. The number of ether oxygens (including phenoxy) is 1. The topological polar surface area (TPSA) is 80.2 Å². The fourth-order valence-corrected chi connectivity index (χ4v) is 2.24. The Kier molecular flexibility index (Phi) is 3.23. The summed E-state index contributed by atoms with van der Waals surface area (Å²) in [5.41, 5.74) is 2.70. The van der Waals surface area contributed by atoms with Crippen LogP contribution in [0.25, 0.3) is 0 Å². The van der Waals surface area contributed by atoms with Crippen LogP contribution in [0.3, 0.4) is 0 Å². The van der Waals surface area contributed by atoms with Gasteiger partial charge >= 0.3 is 6.09 Å². The molecule has 19 heavy (non-hydrogen) atoms. The first-order valence-corrected chi connectivity index (χ1v) is 6.65. The van der Waals surface area contributed by atoms with Gasteiger partial charge in [0.1, 0.15) is 12.4 Å². The molecule has 0 aromatic carbocycles. The molecule has 1 saturated heterocycles. The van der Waals surface area contributed by atoms with Crippen molar-refractivity contribution in [3.8, 4) is 0 Å². The average molecular weight is 277 g/mol. The number of rotatable bonds is 4. The second kappa shape index (κ2) is 5.19. The zero-order valence-electron chi connectivity index (χ0n) is 9.94.